The molecule has 1 aliphatic heterocycles. The van der Waals surface area contributed by atoms with Crippen molar-refractivity contribution in [3.8, 4) is 11.5 Å². The van der Waals surface area contributed by atoms with Crippen LogP contribution in [0.3, 0.4) is 0 Å². The van der Waals surface area contributed by atoms with Crippen LogP contribution in [0, 0.1) is 0 Å². The molecule has 0 fully saturated rings. The zero-order valence-electron chi connectivity index (χ0n) is 21.4. The van der Waals surface area contributed by atoms with Crippen LogP contribution in [0.2, 0.25) is 0 Å². The van der Waals surface area contributed by atoms with Crippen LogP contribution >= 0.6 is 0 Å². The van der Waals surface area contributed by atoms with Gasteiger partial charge in [-0.15, -0.1) is 0 Å². The molecule has 0 saturated carbocycles. The SMILES string of the molecule is CCOCCCN(CC(=O)N(Cc1ccc2c(c1)OCO2)Cc1ccco1)C(=O)c1ccc(C(F)(F)F)cc1. The van der Waals surface area contributed by atoms with Crippen molar-refractivity contribution in [3.63, 3.8) is 0 Å². The van der Waals surface area contributed by atoms with Crippen LogP contribution in [0.5, 0.6) is 11.5 Å². The van der Waals surface area contributed by atoms with Crippen molar-refractivity contribution in [2.45, 2.75) is 32.6 Å². The lowest BCUT2D eigenvalue weighted by atomic mass is 10.1. The van der Waals surface area contributed by atoms with Gasteiger partial charge in [0.2, 0.25) is 12.7 Å². The Labute approximate surface area is 223 Å². The van der Waals surface area contributed by atoms with Crippen LogP contribution in [0.1, 0.15) is 40.6 Å². The van der Waals surface area contributed by atoms with Crippen molar-refractivity contribution in [1.82, 2.24) is 9.80 Å². The number of halogens is 3. The van der Waals surface area contributed by atoms with Crippen LogP contribution in [0.15, 0.2) is 65.3 Å². The molecule has 39 heavy (non-hydrogen) atoms. The molecular formula is C28H29F3N2O6. The van der Waals surface area contributed by atoms with Gasteiger partial charge in [0, 0.05) is 31.9 Å². The summed E-state index contributed by atoms with van der Waals surface area (Å²) < 4.78 is 60.6. The number of alkyl halides is 3. The van der Waals surface area contributed by atoms with Crippen LogP contribution < -0.4 is 9.47 Å². The maximum absolute atomic E-state index is 13.6. The summed E-state index contributed by atoms with van der Waals surface area (Å²) in [5.74, 6) is 0.842. The third-order valence-corrected chi connectivity index (χ3v) is 6.08. The molecule has 4 rings (SSSR count). The third-order valence-electron chi connectivity index (χ3n) is 6.08. The summed E-state index contributed by atoms with van der Waals surface area (Å²) >= 11 is 0. The maximum atomic E-state index is 13.6. The van der Waals surface area contributed by atoms with E-state index in [0.717, 1.165) is 29.8 Å². The largest absolute Gasteiger partial charge is 0.467 e. The lowest BCUT2D eigenvalue weighted by molar-refractivity contribution is -0.137. The Bertz CT molecular complexity index is 1250. The minimum Gasteiger partial charge on any atom is -0.467 e. The topological polar surface area (TPSA) is 81.5 Å². The van der Waals surface area contributed by atoms with Crippen molar-refractivity contribution in [2.75, 3.05) is 33.1 Å². The molecule has 0 radical (unpaired) electrons. The van der Waals surface area contributed by atoms with Crippen LogP contribution in [-0.2, 0) is 28.8 Å². The van der Waals surface area contributed by atoms with Crippen molar-refractivity contribution < 1.29 is 41.4 Å². The number of benzene rings is 2. The second kappa shape index (κ2) is 12.7. The summed E-state index contributed by atoms with van der Waals surface area (Å²) in [6.45, 7) is 3.10. The zero-order valence-corrected chi connectivity index (χ0v) is 21.4. The van der Waals surface area contributed by atoms with E-state index < -0.39 is 17.6 Å². The number of ether oxygens (including phenoxy) is 3. The Balaban J connectivity index is 1.53. The van der Waals surface area contributed by atoms with Crippen LogP contribution in [0.4, 0.5) is 13.2 Å². The predicted octanol–water partition coefficient (Wildman–Crippen LogP) is 5.12. The maximum Gasteiger partial charge on any atom is 0.416 e. The Morgan fingerprint density at radius 1 is 0.974 bits per heavy atom. The highest BCUT2D eigenvalue weighted by Gasteiger charge is 2.31. The molecule has 1 aromatic heterocycles. The van der Waals surface area contributed by atoms with E-state index in [2.05, 4.69) is 0 Å². The molecule has 1 aliphatic rings. The molecular weight excluding hydrogens is 517 g/mol. The Morgan fingerprint density at radius 2 is 1.74 bits per heavy atom. The van der Waals surface area contributed by atoms with Gasteiger partial charge in [-0.25, -0.2) is 0 Å². The minimum absolute atomic E-state index is 0.0561. The highest BCUT2D eigenvalue weighted by atomic mass is 19.4. The molecule has 8 nitrogen and oxygen atoms in total. The molecule has 208 valence electrons. The predicted molar refractivity (Wildman–Crippen MR) is 134 cm³/mol. The van der Waals surface area contributed by atoms with Gasteiger partial charge in [-0.3, -0.25) is 9.59 Å². The van der Waals surface area contributed by atoms with Gasteiger partial charge in [0.25, 0.3) is 5.91 Å². The van der Waals surface area contributed by atoms with Crippen molar-refractivity contribution in [2.24, 2.45) is 0 Å². The first-order chi connectivity index (χ1) is 18.7. The Kier molecular flexibility index (Phi) is 9.13. The van der Waals surface area contributed by atoms with Gasteiger partial charge in [0.15, 0.2) is 11.5 Å². The number of hydrogen-bond acceptors (Lipinski definition) is 6. The molecule has 0 atom stereocenters. The van der Waals surface area contributed by atoms with Crippen molar-refractivity contribution >= 4 is 11.8 Å². The fourth-order valence-corrected chi connectivity index (χ4v) is 4.08. The summed E-state index contributed by atoms with van der Waals surface area (Å²) in [6.07, 6.45) is -2.56. The van der Waals surface area contributed by atoms with Gasteiger partial charge >= 0.3 is 6.18 Å². The zero-order chi connectivity index (χ0) is 27.8. The molecule has 11 heteroatoms. The fraction of sp³-hybridized carbons (Fsp3) is 0.357. The molecule has 0 unspecified atom stereocenters. The van der Waals surface area contributed by atoms with Gasteiger partial charge in [-0.2, -0.15) is 13.2 Å². The molecule has 2 amide bonds. The first-order valence-electron chi connectivity index (χ1n) is 12.5. The van der Waals surface area contributed by atoms with Gasteiger partial charge in [0.1, 0.15) is 12.3 Å². The van der Waals surface area contributed by atoms with E-state index in [4.69, 9.17) is 18.6 Å². The number of nitrogens with zero attached hydrogens (tertiary/aromatic N) is 2. The minimum atomic E-state index is -4.52. The molecule has 0 N–H and O–H groups in total. The third kappa shape index (κ3) is 7.53. The van der Waals surface area contributed by atoms with Crippen LogP contribution in [0.25, 0.3) is 0 Å². The highest BCUT2D eigenvalue weighted by Crippen LogP contribution is 2.33. The molecule has 2 aromatic carbocycles. The molecule has 2 heterocycles. The van der Waals surface area contributed by atoms with Gasteiger partial charge in [-0.1, -0.05) is 6.07 Å². The Hall–Kier alpha value is -3.99. The van der Waals surface area contributed by atoms with E-state index in [1.807, 2.05) is 13.0 Å². The molecule has 0 aliphatic carbocycles. The Morgan fingerprint density at radius 3 is 2.44 bits per heavy atom. The lowest BCUT2D eigenvalue weighted by Gasteiger charge is -2.27. The molecule has 0 saturated heterocycles. The van der Waals surface area contributed by atoms with Crippen molar-refractivity contribution in [1.29, 1.82) is 0 Å². The van der Waals surface area contributed by atoms with E-state index in [9.17, 15) is 22.8 Å². The second-order valence-corrected chi connectivity index (χ2v) is 8.87. The fourth-order valence-electron chi connectivity index (χ4n) is 4.08. The van der Waals surface area contributed by atoms with Gasteiger partial charge in [0.05, 0.1) is 18.4 Å². The average molecular weight is 547 g/mol. The monoisotopic (exact) mass is 546 g/mol. The molecule has 0 spiro atoms. The molecule has 3 aromatic rings. The number of furan rings is 1. The van der Waals surface area contributed by atoms with E-state index in [-0.39, 0.29) is 44.4 Å². The molecule has 0 bridgehead atoms. The second-order valence-electron chi connectivity index (χ2n) is 8.87. The summed E-state index contributed by atoms with van der Waals surface area (Å²) in [4.78, 5) is 29.8. The van der Waals surface area contributed by atoms with E-state index in [1.54, 1.807) is 29.2 Å². The van der Waals surface area contributed by atoms with Crippen molar-refractivity contribution in [3.05, 3.63) is 83.3 Å². The number of carbonyl (C=O) groups excluding carboxylic acids is 2. The quantitative estimate of drug-likeness (QED) is 0.293. The standard InChI is InChI=1S/C28H29F3N2O6/c1-2-36-13-4-12-32(27(35)21-7-9-22(10-8-21)28(29,30)31)18-26(34)33(17-23-5-3-14-37-23)16-20-6-11-24-25(15-20)39-19-38-24/h3,5-11,14-15H,2,4,12-13,16-19H2,1H3. The first-order valence-corrected chi connectivity index (χ1v) is 12.5. The van der Waals surface area contributed by atoms with Gasteiger partial charge < -0.3 is 28.4 Å². The first kappa shape index (κ1) is 28.0. The summed E-state index contributed by atoms with van der Waals surface area (Å²) in [5.41, 5.74) is -0.0111. The van der Waals surface area contributed by atoms with E-state index in [0.29, 0.717) is 36.9 Å². The van der Waals surface area contributed by atoms with Crippen LogP contribution in [-0.4, -0.2) is 54.7 Å². The summed E-state index contributed by atoms with van der Waals surface area (Å²) in [6, 6.07) is 12.8. The average Bonchev–Trinajstić information content (AvgIpc) is 3.61. The number of carbonyl (C=O) groups is 2. The summed E-state index contributed by atoms with van der Waals surface area (Å²) in [5, 5.41) is 0. The number of amides is 2. The number of rotatable bonds is 12. The smallest absolute Gasteiger partial charge is 0.416 e. The van der Waals surface area contributed by atoms with Gasteiger partial charge in [-0.05, 0) is 67.4 Å². The normalized spacial score (nSPS) is 12.4. The van der Waals surface area contributed by atoms with E-state index >= 15 is 0 Å². The number of fused-ring (bicyclic) bond motifs is 1. The lowest BCUT2D eigenvalue weighted by Crippen LogP contribution is -2.43. The summed E-state index contributed by atoms with van der Waals surface area (Å²) in [7, 11) is 0. The van der Waals surface area contributed by atoms with E-state index in [1.165, 1.54) is 11.2 Å². The highest BCUT2D eigenvalue weighted by molar-refractivity contribution is 5.96. The number of hydrogen-bond donors (Lipinski definition) is 0.